The Labute approximate surface area is 158 Å². The predicted molar refractivity (Wildman–Crippen MR) is 106 cm³/mol. The quantitative estimate of drug-likeness (QED) is 0.619. The zero-order valence-corrected chi connectivity index (χ0v) is 15.7. The fraction of sp³-hybridized carbons (Fsp3) is 0.333. The van der Waals surface area contributed by atoms with Gasteiger partial charge in [0.15, 0.2) is 0 Å². The Hall–Kier alpha value is -2.70. The van der Waals surface area contributed by atoms with E-state index in [1.165, 1.54) is 10.1 Å². The molecule has 0 saturated carbocycles. The molecular formula is C21H25N3O3. The molecule has 142 valence electrons. The maximum atomic E-state index is 12.4. The molecule has 2 N–H and O–H groups in total. The number of rotatable bonds is 8. The second-order valence-electron chi connectivity index (χ2n) is 6.37. The van der Waals surface area contributed by atoms with Gasteiger partial charge in [0.05, 0.1) is 10.9 Å². The second-order valence-corrected chi connectivity index (χ2v) is 6.37. The molecule has 0 fully saturated rings. The van der Waals surface area contributed by atoms with Crippen molar-refractivity contribution in [3.8, 4) is 5.75 Å². The lowest BCUT2D eigenvalue weighted by Crippen LogP contribution is -2.24. The Morgan fingerprint density at radius 1 is 1.15 bits per heavy atom. The van der Waals surface area contributed by atoms with Crippen LogP contribution in [0.15, 0.2) is 53.3 Å². The molecule has 1 heterocycles. The minimum absolute atomic E-state index is 0.0693. The number of nitrogens with two attached hydrogens (primary N) is 1. The molecule has 3 aromatic rings. The van der Waals surface area contributed by atoms with E-state index in [9.17, 15) is 4.79 Å². The van der Waals surface area contributed by atoms with Crippen molar-refractivity contribution in [3.05, 3.63) is 70.3 Å². The van der Waals surface area contributed by atoms with Crippen LogP contribution < -0.4 is 16.0 Å². The zero-order valence-electron chi connectivity index (χ0n) is 15.7. The van der Waals surface area contributed by atoms with E-state index in [2.05, 4.69) is 4.98 Å². The summed E-state index contributed by atoms with van der Waals surface area (Å²) in [6, 6.07) is 15.2. The molecule has 0 aliphatic heterocycles. The van der Waals surface area contributed by atoms with Crippen LogP contribution in [-0.2, 0) is 24.8 Å². The lowest BCUT2D eigenvalue weighted by Gasteiger charge is -2.12. The van der Waals surface area contributed by atoms with Gasteiger partial charge >= 0.3 is 0 Å². The molecule has 0 aliphatic rings. The van der Waals surface area contributed by atoms with Gasteiger partial charge in [-0.3, -0.25) is 9.36 Å². The van der Waals surface area contributed by atoms with Gasteiger partial charge in [0, 0.05) is 13.7 Å². The van der Waals surface area contributed by atoms with Crippen molar-refractivity contribution in [2.45, 2.75) is 32.6 Å². The van der Waals surface area contributed by atoms with Crippen molar-refractivity contribution in [1.82, 2.24) is 9.55 Å². The van der Waals surface area contributed by atoms with Gasteiger partial charge in [0.2, 0.25) is 0 Å². The minimum Gasteiger partial charge on any atom is -0.486 e. The van der Waals surface area contributed by atoms with Crippen molar-refractivity contribution >= 4 is 10.9 Å². The Morgan fingerprint density at radius 2 is 1.89 bits per heavy atom. The van der Waals surface area contributed by atoms with E-state index >= 15 is 0 Å². The van der Waals surface area contributed by atoms with E-state index in [-0.39, 0.29) is 18.4 Å². The van der Waals surface area contributed by atoms with Crippen LogP contribution in [0, 0.1) is 0 Å². The highest BCUT2D eigenvalue weighted by Crippen LogP contribution is 2.16. The molecule has 6 heteroatoms. The van der Waals surface area contributed by atoms with Gasteiger partial charge < -0.3 is 15.2 Å². The van der Waals surface area contributed by atoms with Gasteiger partial charge in [0.25, 0.3) is 5.56 Å². The number of ether oxygens (including phenoxy) is 2. The second kappa shape index (κ2) is 8.79. The molecule has 27 heavy (non-hydrogen) atoms. The summed E-state index contributed by atoms with van der Waals surface area (Å²) < 4.78 is 12.7. The Bertz CT molecular complexity index is 951. The maximum absolute atomic E-state index is 12.4. The maximum Gasteiger partial charge on any atom is 0.261 e. The van der Waals surface area contributed by atoms with Crippen molar-refractivity contribution < 1.29 is 9.47 Å². The topological polar surface area (TPSA) is 79.4 Å². The molecule has 0 radical (unpaired) electrons. The number of benzene rings is 2. The van der Waals surface area contributed by atoms with Crippen LogP contribution in [-0.4, -0.2) is 22.4 Å². The molecule has 1 unspecified atom stereocenters. The lowest BCUT2D eigenvalue weighted by molar-refractivity contribution is 0.0619. The fourth-order valence-corrected chi connectivity index (χ4v) is 2.90. The number of nitrogens with zero attached hydrogens (tertiary/aromatic N) is 2. The monoisotopic (exact) mass is 367 g/mol. The van der Waals surface area contributed by atoms with E-state index < -0.39 is 0 Å². The third kappa shape index (κ3) is 4.72. The summed E-state index contributed by atoms with van der Waals surface area (Å²) in [6.45, 7) is 2.79. The predicted octanol–water partition coefficient (Wildman–Crippen LogP) is 2.77. The largest absolute Gasteiger partial charge is 0.486 e. The average molecular weight is 367 g/mol. The smallest absolute Gasteiger partial charge is 0.261 e. The Morgan fingerprint density at radius 3 is 2.63 bits per heavy atom. The number of fused-ring (bicyclic) bond motifs is 1. The number of aromatic nitrogens is 2. The Kier molecular flexibility index (Phi) is 6.21. The first-order valence-electron chi connectivity index (χ1n) is 9.12. The van der Waals surface area contributed by atoms with E-state index in [1.54, 1.807) is 13.1 Å². The van der Waals surface area contributed by atoms with E-state index in [0.717, 1.165) is 18.6 Å². The van der Waals surface area contributed by atoms with Crippen LogP contribution in [0.5, 0.6) is 5.75 Å². The first kappa shape index (κ1) is 19.1. The normalized spacial score (nSPS) is 12.3. The van der Waals surface area contributed by atoms with Gasteiger partial charge in [-0.25, -0.2) is 4.98 Å². The third-order valence-corrected chi connectivity index (χ3v) is 4.47. The number of hydrogen-bond acceptors (Lipinski definition) is 5. The van der Waals surface area contributed by atoms with Crippen LogP contribution in [0.25, 0.3) is 10.9 Å². The van der Waals surface area contributed by atoms with Crippen LogP contribution in [0.2, 0.25) is 0 Å². The van der Waals surface area contributed by atoms with Crippen LogP contribution >= 0.6 is 0 Å². The molecule has 0 amide bonds. The van der Waals surface area contributed by atoms with Crippen LogP contribution in [0.3, 0.4) is 0 Å². The molecule has 0 spiro atoms. The van der Waals surface area contributed by atoms with E-state index in [1.807, 2.05) is 49.4 Å². The summed E-state index contributed by atoms with van der Waals surface area (Å²) in [7, 11) is 1.71. The van der Waals surface area contributed by atoms with Crippen LogP contribution in [0.1, 0.15) is 24.7 Å². The number of hydrogen-bond donors (Lipinski definition) is 1. The number of para-hydroxylation sites is 1. The lowest BCUT2D eigenvalue weighted by atomic mass is 10.1. The van der Waals surface area contributed by atoms with E-state index in [0.29, 0.717) is 23.3 Å². The van der Waals surface area contributed by atoms with Gasteiger partial charge in [-0.1, -0.05) is 24.3 Å². The first-order valence-corrected chi connectivity index (χ1v) is 9.12. The fourth-order valence-electron chi connectivity index (χ4n) is 2.90. The van der Waals surface area contributed by atoms with Gasteiger partial charge in [-0.05, 0) is 49.6 Å². The average Bonchev–Trinajstić information content (AvgIpc) is 2.69. The standard InChI is InChI=1S/C21H25N3O3/c1-3-26-19(22)13-10-15-8-11-16(12-9-15)27-14-20-23-18-7-5-4-6-17(18)21(25)24(20)2/h4-9,11-12,19H,3,10,13-14,22H2,1-2H3. The summed E-state index contributed by atoms with van der Waals surface area (Å²) in [5.41, 5.74) is 7.64. The van der Waals surface area contributed by atoms with Crippen molar-refractivity contribution in [3.63, 3.8) is 0 Å². The summed E-state index contributed by atoms with van der Waals surface area (Å²) in [5.74, 6) is 1.32. The molecular weight excluding hydrogens is 342 g/mol. The van der Waals surface area contributed by atoms with Gasteiger partial charge in [-0.2, -0.15) is 0 Å². The molecule has 3 rings (SSSR count). The molecule has 0 aliphatic carbocycles. The highest BCUT2D eigenvalue weighted by Gasteiger charge is 2.08. The summed E-state index contributed by atoms with van der Waals surface area (Å²) in [4.78, 5) is 17.0. The highest BCUT2D eigenvalue weighted by atomic mass is 16.5. The number of aryl methyl sites for hydroxylation is 1. The summed E-state index contributed by atoms with van der Waals surface area (Å²) in [6.07, 6.45) is 1.39. The van der Waals surface area contributed by atoms with Crippen molar-refractivity contribution in [2.24, 2.45) is 12.8 Å². The van der Waals surface area contributed by atoms with Crippen LogP contribution in [0.4, 0.5) is 0 Å². The van der Waals surface area contributed by atoms with Crippen molar-refractivity contribution in [2.75, 3.05) is 6.61 Å². The first-order chi connectivity index (χ1) is 13.1. The zero-order chi connectivity index (χ0) is 19.2. The minimum atomic E-state index is -0.230. The summed E-state index contributed by atoms with van der Waals surface area (Å²) in [5, 5.41) is 0.610. The third-order valence-electron chi connectivity index (χ3n) is 4.47. The van der Waals surface area contributed by atoms with Gasteiger partial charge in [-0.15, -0.1) is 0 Å². The summed E-state index contributed by atoms with van der Waals surface area (Å²) >= 11 is 0. The molecule has 1 aromatic heterocycles. The highest BCUT2D eigenvalue weighted by molar-refractivity contribution is 5.77. The molecule has 0 bridgehead atoms. The molecule has 6 nitrogen and oxygen atoms in total. The Balaban J connectivity index is 1.64. The van der Waals surface area contributed by atoms with E-state index in [4.69, 9.17) is 15.2 Å². The van der Waals surface area contributed by atoms with Gasteiger partial charge in [0.1, 0.15) is 24.4 Å². The molecule has 2 aromatic carbocycles. The molecule has 0 saturated heterocycles. The van der Waals surface area contributed by atoms with Crippen molar-refractivity contribution in [1.29, 1.82) is 0 Å². The SMILES string of the molecule is CCOC(N)CCc1ccc(OCc2nc3ccccc3c(=O)n2C)cc1. The molecule has 1 atom stereocenters.